The molecular weight excluding hydrogens is 320 g/mol. The van der Waals surface area contributed by atoms with Gasteiger partial charge in [0, 0.05) is 42.7 Å². The molecule has 4 rings (SSSR count). The van der Waals surface area contributed by atoms with Gasteiger partial charge in [0.1, 0.15) is 0 Å². The van der Waals surface area contributed by atoms with Crippen LogP contribution < -0.4 is 0 Å². The minimum Gasteiger partial charge on any atom is -0.341 e. The highest BCUT2D eigenvalue weighted by atomic mass is 32.1. The summed E-state index contributed by atoms with van der Waals surface area (Å²) in [7, 11) is 0. The van der Waals surface area contributed by atoms with Gasteiger partial charge < -0.3 is 4.90 Å². The molecule has 4 heterocycles. The molecule has 2 aromatic heterocycles. The van der Waals surface area contributed by atoms with Crippen molar-refractivity contribution < 1.29 is 4.79 Å². The molecule has 6 heteroatoms. The first-order valence-electron chi connectivity index (χ1n) is 8.76. The van der Waals surface area contributed by atoms with E-state index in [0.717, 1.165) is 56.8 Å². The van der Waals surface area contributed by atoms with Crippen molar-refractivity contribution >= 4 is 17.2 Å². The third-order valence-electron chi connectivity index (χ3n) is 5.16. The zero-order valence-corrected chi connectivity index (χ0v) is 14.9. The van der Waals surface area contributed by atoms with E-state index in [-0.39, 0.29) is 5.91 Å². The minimum absolute atomic E-state index is 0.269. The number of fused-ring (bicyclic) bond motifs is 1. The third kappa shape index (κ3) is 3.26. The van der Waals surface area contributed by atoms with Crippen molar-refractivity contribution in [3.63, 3.8) is 0 Å². The molecule has 24 heavy (non-hydrogen) atoms. The van der Waals surface area contributed by atoms with Crippen molar-refractivity contribution in [3.05, 3.63) is 39.3 Å². The van der Waals surface area contributed by atoms with Crippen LogP contribution in [0.1, 0.15) is 40.6 Å². The Bertz CT molecular complexity index is 722. The molecule has 2 aliphatic rings. The molecule has 5 nitrogen and oxygen atoms in total. The highest BCUT2D eigenvalue weighted by molar-refractivity contribution is 7.10. The smallest absolute Gasteiger partial charge is 0.236 e. The average Bonchev–Trinajstić information content (AvgIpc) is 3.23. The molecule has 0 radical (unpaired) electrons. The Morgan fingerprint density at radius 2 is 2.38 bits per heavy atom. The van der Waals surface area contributed by atoms with Crippen LogP contribution in [0, 0.1) is 6.92 Å². The lowest BCUT2D eigenvalue weighted by atomic mass is 9.94. The molecule has 0 bridgehead atoms. The first-order valence-corrected chi connectivity index (χ1v) is 9.64. The van der Waals surface area contributed by atoms with E-state index in [1.165, 1.54) is 10.4 Å². The summed E-state index contributed by atoms with van der Waals surface area (Å²) in [6.45, 7) is 6.17. The molecule has 2 aromatic rings. The highest BCUT2D eigenvalue weighted by Gasteiger charge is 2.28. The van der Waals surface area contributed by atoms with Gasteiger partial charge in [-0.05, 0) is 49.3 Å². The molecule has 1 unspecified atom stereocenters. The highest BCUT2D eigenvalue weighted by Crippen LogP contribution is 2.27. The number of rotatable bonds is 3. The summed E-state index contributed by atoms with van der Waals surface area (Å²) in [5.74, 6) is 0.642. The van der Waals surface area contributed by atoms with E-state index in [0.29, 0.717) is 12.5 Å². The lowest BCUT2D eigenvalue weighted by molar-refractivity contribution is -0.133. The van der Waals surface area contributed by atoms with Crippen LogP contribution in [0.25, 0.3) is 0 Å². The van der Waals surface area contributed by atoms with E-state index in [9.17, 15) is 4.79 Å². The SMILES string of the molecule is Cc1cc(C2CCCN(C(=O)CN3CCc4sccc4C3)C2)n[nH]1. The van der Waals surface area contributed by atoms with Gasteiger partial charge >= 0.3 is 0 Å². The van der Waals surface area contributed by atoms with E-state index < -0.39 is 0 Å². The van der Waals surface area contributed by atoms with Crippen LogP contribution in [-0.2, 0) is 17.8 Å². The Labute approximate surface area is 146 Å². The van der Waals surface area contributed by atoms with Gasteiger partial charge in [-0.3, -0.25) is 14.8 Å². The summed E-state index contributed by atoms with van der Waals surface area (Å²) in [5, 5.41) is 9.58. The lowest BCUT2D eigenvalue weighted by Gasteiger charge is -2.34. The number of likely N-dealkylation sites (tertiary alicyclic amines) is 1. The molecule has 1 saturated heterocycles. The first kappa shape index (κ1) is 15.8. The van der Waals surface area contributed by atoms with Crippen LogP contribution in [0.2, 0.25) is 0 Å². The number of aryl methyl sites for hydroxylation is 1. The summed E-state index contributed by atoms with van der Waals surface area (Å²) in [6, 6.07) is 4.31. The fourth-order valence-electron chi connectivity index (χ4n) is 3.83. The number of hydrogen-bond acceptors (Lipinski definition) is 4. The van der Waals surface area contributed by atoms with E-state index in [1.54, 1.807) is 0 Å². The third-order valence-corrected chi connectivity index (χ3v) is 6.19. The monoisotopic (exact) mass is 344 g/mol. The summed E-state index contributed by atoms with van der Waals surface area (Å²) >= 11 is 1.84. The number of thiophene rings is 1. The number of amides is 1. The Morgan fingerprint density at radius 1 is 1.46 bits per heavy atom. The number of H-pyrrole nitrogens is 1. The van der Waals surface area contributed by atoms with Gasteiger partial charge in [-0.15, -0.1) is 11.3 Å². The van der Waals surface area contributed by atoms with Crippen molar-refractivity contribution in [2.45, 2.75) is 38.6 Å². The Morgan fingerprint density at radius 3 is 3.21 bits per heavy atom. The quantitative estimate of drug-likeness (QED) is 0.931. The number of carbonyl (C=O) groups excluding carboxylic acids is 1. The molecule has 1 fully saturated rings. The fourth-order valence-corrected chi connectivity index (χ4v) is 4.72. The number of hydrogen-bond donors (Lipinski definition) is 1. The molecule has 0 saturated carbocycles. The Hall–Kier alpha value is -1.66. The molecule has 1 amide bonds. The predicted molar refractivity (Wildman–Crippen MR) is 95.2 cm³/mol. The van der Waals surface area contributed by atoms with Crippen LogP contribution in [0.5, 0.6) is 0 Å². The maximum atomic E-state index is 12.8. The molecule has 0 aromatic carbocycles. The number of aromatic amines is 1. The lowest BCUT2D eigenvalue weighted by Crippen LogP contribution is -2.45. The van der Waals surface area contributed by atoms with Crippen LogP contribution in [0.4, 0.5) is 0 Å². The van der Waals surface area contributed by atoms with Crippen molar-refractivity contribution in [2.75, 3.05) is 26.2 Å². The fraction of sp³-hybridized carbons (Fsp3) is 0.556. The van der Waals surface area contributed by atoms with Crippen LogP contribution in [-0.4, -0.2) is 52.1 Å². The van der Waals surface area contributed by atoms with Gasteiger partial charge in [-0.1, -0.05) is 0 Å². The van der Waals surface area contributed by atoms with Gasteiger partial charge in [0.05, 0.1) is 12.2 Å². The first-order chi connectivity index (χ1) is 11.7. The van der Waals surface area contributed by atoms with Crippen molar-refractivity contribution in [1.29, 1.82) is 0 Å². The second kappa shape index (κ2) is 6.69. The number of carbonyl (C=O) groups is 1. The molecule has 1 N–H and O–H groups in total. The summed E-state index contributed by atoms with van der Waals surface area (Å²) in [4.78, 5) is 18.6. The topological polar surface area (TPSA) is 52.2 Å². The van der Waals surface area contributed by atoms with E-state index in [1.807, 2.05) is 23.2 Å². The van der Waals surface area contributed by atoms with Crippen LogP contribution >= 0.6 is 11.3 Å². The zero-order valence-electron chi connectivity index (χ0n) is 14.1. The molecule has 0 spiro atoms. The van der Waals surface area contributed by atoms with Crippen molar-refractivity contribution in [3.8, 4) is 0 Å². The summed E-state index contributed by atoms with van der Waals surface area (Å²) in [6.07, 6.45) is 3.27. The van der Waals surface area contributed by atoms with E-state index >= 15 is 0 Å². The number of aromatic nitrogens is 2. The molecule has 0 aliphatic carbocycles. The van der Waals surface area contributed by atoms with Gasteiger partial charge in [0.2, 0.25) is 5.91 Å². The van der Waals surface area contributed by atoms with Gasteiger partial charge in [-0.2, -0.15) is 5.10 Å². The largest absolute Gasteiger partial charge is 0.341 e. The van der Waals surface area contributed by atoms with Gasteiger partial charge in [0.15, 0.2) is 0 Å². The summed E-state index contributed by atoms with van der Waals surface area (Å²) in [5.41, 5.74) is 3.60. The van der Waals surface area contributed by atoms with Gasteiger partial charge in [0.25, 0.3) is 0 Å². The maximum absolute atomic E-state index is 12.8. The van der Waals surface area contributed by atoms with E-state index in [2.05, 4.69) is 32.6 Å². The van der Waals surface area contributed by atoms with Crippen LogP contribution in [0.3, 0.4) is 0 Å². The predicted octanol–water partition coefficient (Wildman–Crippen LogP) is 2.54. The molecular formula is C18H24N4OS. The second-order valence-electron chi connectivity index (χ2n) is 6.98. The normalized spacial score (nSPS) is 21.7. The number of nitrogens with one attached hydrogen (secondary N) is 1. The molecule has 2 aliphatic heterocycles. The minimum atomic E-state index is 0.269. The average molecular weight is 344 g/mol. The number of nitrogens with zero attached hydrogens (tertiary/aromatic N) is 3. The second-order valence-corrected chi connectivity index (χ2v) is 7.99. The molecule has 1 atom stereocenters. The summed E-state index contributed by atoms with van der Waals surface area (Å²) < 4.78 is 0. The molecule has 128 valence electrons. The zero-order chi connectivity index (χ0) is 16.5. The standard InChI is InChI=1S/C18H24N4OS/c1-13-9-16(20-19-13)14-3-2-6-22(11-14)18(23)12-21-7-4-17-15(10-21)5-8-24-17/h5,8-9,14H,2-4,6-7,10-12H2,1H3,(H,19,20). The maximum Gasteiger partial charge on any atom is 0.236 e. The van der Waals surface area contributed by atoms with Gasteiger partial charge in [-0.25, -0.2) is 0 Å². The van der Waals surface area contributed by atoms with Crippen molar-refractivity contribution in [2.24, 2.45) is 0 Å². The Balaban J connectivity index is 1.36. The Kier molecular flexibility index (Phi) is 4.41. The van der Waals surface area contributed by atoms with E-state index in [4.69, 9.17) is 0 Å². The van der Waals surface area contributed by atoms with Crippen LogP contribution in [0.15, 0.2) is 17.5 Å². The van der Waals surface area contributed by atoms with Crippen molar-refractivity contribution in [1.82, 2.24) is 20.0 Å². The number of piperidine rings is 1.